The average Bonchev–Trinajstić information content (AvgIpc) is 3.00. The van der Waals surface area contributed by atoms with Gasteiger partial charge in [-0.1, -0.05) is 12.1 Å². The van der Waals surface area contributed by atoms with E-state index in [1.54, 1.807) is 0 Å². The van der Waals surface area contributed by atoms with E-state index in [1.807, 2.05) is 35.8 Å². The largest absolute Gasteiger partial charge is 0.361 e. The van der Waals surface area contributed by atoms with Gasteiger partial charge in [-0.15, -0.1) is 11.3 Å². The summed E-state index contributed by atoms with van der Waals surface area (Å²) in [5, 5.41) is 6.65. The highest BCUT2D eigenvalue weighted by molar-refractivity contribution is 7.14. The van der Waals surface area contributed by atoms with E-state index in [4.69, 9.17) is 0 Å². The van der Waals surface area contributed by atoms with E-state index < -0.39 is 0 Å². The topological polar surface area (TPSA) is 57.8 Å². The van der Waals surface area contributed by atoms with Crippen molar-refractivity contribution in [2.45, 2.75) is 18.8 Å². The first-order valence-electron chi connectivity index (χ1n) is 6.64. The van der Waals surface area contributed by atoms with Crippen molar-refractivity contribution in [1.29, 1.82) is 0 Å². The van der Waals surface area contributed by atoms with Crippen LogP contribution in [-0.4, -0.2) is 15.9 Å². The summed E-state index contributed by atoms with van der Waals surface area (Å²) >= 11 is 1.50. The molecular weight excluding hydrogens is 270 g/mol. The molecule has 1 aliphatic rings. The number of H-pyrrole nitrogens is 1. The lowest BCUT2D eigenvalue weighted by Crippen LogP contribution is -2.12. The Kier molecular flexibility index (Phi) is 2.60. The van der Waals surface area contributed by atoms with Gasteiger partial charge in [0, 0.05) is 22.9 Å². The molecule has 5 heteroatoms. The molecule has 20 heavy (non-hydrogen) atoms. The fourth-order valence-electron chi connectivity index (χ4n) is 2.35. The second-order valence-corrected chi connectivity index (χ2v) is 5.91. The van der Waals surface area contributed by atoms with Crippen LogP contribution >= 0.6 is 11.3 Å². The number of para-hydroxylation sites is 1. The molecule has 0 saturated heterocycles. The number of aromatic amines is 1. The second-order valence-electron chi connectivity index (χ2n) is 5.05. The summed E-state index contributed by atoms with van der Waals surface area (Å²) in [6, 6.07) is 7.66. The maximum absolute atomic E-state index is 12.4. The molecule has 0 bridgehead atoms. The molecule has 2 aromatic heterocycles. The van der Waals surface area contributed by atoms with Crippen molar-refractivity contribution in [2.75, 3.05) is 5.32 Å². The van der Waals surface area contributed by atoms with Crippen molar-refractivity contribution in [3.05, 3.63) is 47.1 Å². The fourth-order valence-corrected chi connectivity index (χ4v) is 3.14. The molecule has 4 nitrogen and oxygen atoms in total. The smallest absolute Gasteiger partial charge is 0.259 e. The van der Waals surface area contributed by atoms with Crippen LogP contribution in [0.3, 0.4) is 0 Å². The maximum atomic E-state index is 12.4. The van der Waals surface area contributed by atoms with Crippen LogP contribution in [0, 0.1) is 0 Å². The van der Waals surface area contributed by atoms with Crippen molar-refractivity contribution < 1.29 is 4.79 Å². The van der Waals surface area contributed by atoms with Crippen LogP contribution in [0.25, 0.3) is 10.9 Å². The summed E-state index contributed by atoms with van der Waals surface area (Å²) < 4.78 is 0. The highest BCUT2D eigenvalue weighted by atomic mass is 32.1. The van der Waals surface area contributed by atoms with E-state index in [2.05, 4.69) is 15.3 Å². The predicted molar refractivity (Wildman–Crippen MR) is 80.3 cm³/mol. The lowest BCUT2D eigenvalue weighted by molar-refractivity contribution is 0.102. The zero-order chi connectivity index (χ0) is 13.5. The van der Waals surface area contributed by atoms with Gasteiger partial charge in [-0.3, -0.25) is 10.1 Å². The maximum Gasteiger partial charge on any atom is 0.259 e. The molecule has 0 atom stereocenters. The molecule has 3 aromatic rings. The third-order valence-corrected chi connectivity index (χ3v) is 4.35. The number of fused-ring (bicyclic) bond motifs is 1. The number of nitrogens with one attached hydrogen (secondary N) is 2. The molecule has 1 amide bonds. The van der Waals surface area contributed by atoms with Gasteiger partial charge in [0.2, 0.25) is 0 Å². The molecule has 4 rings (SSSR count). The van der Waals surface area contributed by atoms with Crippen molar-refractivity contribution in [3.8, 4) is 0 Å². The molecule has 1 saturated carbocycles. The van der Waals surface area contributed by atoms with Crippen molar-refractivity contribution in [3.63, 3.8) is 0 Å². The van der Waals surface area contributed by atoms with Crippen LogP contribution in [0.2, 0.25) is 0 Å². The number of aromatic nitrogens is 2. The van der Waals surface area contributed by atoms with Crippen molar-refractivity contribution in [2.24, 2.45) is 0 Å². The SMILES string of the molecule is O=C(Nc1nc(C2CC2)cs1)c1cccc2cc[nH]c12. The van der Waals surface area contributed by atoms with E-state index >= 15 is 0 Å². The number of nitrogens with zero attached hydrogens (tertiary/aromatic N) is 1. The molecule has 1 fully saturated rings. The number of carbonyl (C=O) groups excluding carboxylic acids is 1. The van der Waals surface area contributed by atoms with Crippen LogP contribution in [0.15, 0.2) is 35.8 Å². The molecule has 0 radical (unpaired) electrons. The Morgan fingerprint density at radius 1 is 1.35 bits per heavy atom. The van der Waals surface area contributed by atoms with Gasteiger partial charge in [0.15, 0.2) is 5.13 Å². The molecule has 0 aliphatic heterocycles. The summed E-state index contributed by atoms with van der Waals surface area (Å²) in [6.07, 6.45) is 4.29. The van der Waals surface area contributed by atoms with E-state index in [0.717, 1.165) is 16.6 Å². The summed E-state index contributed by atoms with van der Waals surface area (Å²) in [5.74, 6) is 0.499. The van der Waals surface area contributed by atoms with Gasteiger partial charge in [0.05, 0.1) is 16.8 Å². The first-order valence-corrected chi connectivity index (χ1v) is 7.52. The van der Waals surface area contributed by atoms with Gasteiger partial charge in [-0.05, 0) is 25.0 Å². The fraction of sp³-hybridized carbons (Fsp3) is 0.200. The lowest BCUT2D eigenvalue weighted by Gasteiger charge is -2.03. The number of benzene rings is 1. The van der Waals surface area contributed by atoms with Crippen molar-refractivity contribution >= 4 is 33.3 Å². The number of hydrogen-bond donors (Lipinski definition) is 2. The zero-order valence-corrected chi connectivity index (χ0v) is 11.5. The number of carbonyl (C=O) groups is 1. The molecule has 1 aromatic carbocycles. The normalized spacial score (nSPS) is 14.6. The monoisotopic (exact) mass is 283 g/mol. The Bertz CT molecular complexity index is 785. The van der Waals surface area contributed by atoms with Gasteiger partial charge in [-0.25, -0.2) is 4.98 Å². The highest BCUT2D eigenvalue weighted by Gasteiger charge is 2.26. The molecule has 2 heterocycles. The van der Waals surface area contributed by atoms with E-state index in [1.165, 1.54) is 24.2 Å². The van der Waals surface area contributed by atoms with Crippen LogP contribution in [0.1, 0.15) is 34.8 Å². The predicted octanol–water partition coefficient (Wildman–Crippen LogP) is 3.75. The molecule has 100 valence electrons. The Hall–Kier alpha value is -2.14. The standard InChI is InChI=1S/C15H13N3OS/c19-14(11-3-1-2-10-6-7-16-13(10)11)18-15-17-12(8-20-15)9-4-5-9/h1-3,6-9,16H,4-5H2,(H,17,18,19). The van der Waals surface area contributed by atoms with Gasteiger partial charge in [0.25, 0.3) is 5.91 Å². The van der Waals surface area contributed by atoms with Crippen LogP contribution in [-0.2, 0) is 0 Å². The van der Waals surface area contributed by atoms with Gasteiger partial charge in [-0.2, -0.15) is 0 Å². The Labute approximate surface area is 119 Å². The molecule has 0 spiro atoms. The summed E-state index contributed by atoms with van der Waals surface area (Å²) in [7, 11) is 0. The molecule has 2 N–H and O–H groups in total. The van der Waals surface area contributed by atoms with Crippen LogP contribution in [0.5, 0.6) is 0 Å². The Morgan fingerprint density at radius 2 is 2.25 bits per heavy atom. The molecular formula is C15H13N3OS. The Morgan fingerprint density at radius 3 is 3.10 bits per heavy atom. The van der Waals surface area contributed by atoms with Gasteiger partial charge >= 0.3 is 0 Å². The van der Waals surface area contributed by atoms with E-state index in [-0.39, 0.29) is 5.91 Å². The minimum atomic E-state index is -0.116. The summed E-state index contributed by atoms with van der Waals surface area (Å²) in [4.78, 5) is 19.9. The number of rotatable bonds is 3. The molecule has 1 aliphatic carbocycles. The second kappa shape index (κ2) is 4.45. The minimum Gasteiger partial charge on any atom is -0.361 e. The lowest BCUT2D eigenvalue weighted by atomic mass is 10.1. The number of anilines is 1. The summed E-state index contributed by atoms with van der Waals surface area (Å²) in [6.45, 7) is 0. The van der Waals surface area contributed by atoms with Gasteiger partial charge in [0.1, 0.15) is 0 Å². The zero-order valence-electron chi connectivity index (χ0n) is 10.7. The summed E-state index contributed by atoms with van der Waals surface area (Å²) in [5.41, 5.74) is 2.63. The third-order valence-electron chi connectivity index (χ3n) is 3.57. The number of thiazole rings is 1. The average molecular weight is 283 g/mol. The number of hydrogen-bond acceptors (Lipinski definition) is 3. The number of amides is 1. The van der Waals surface area contributed by atoms with E-state index in [0.29, 0.717) is 16.6 Å². The van der Waals surface area contributed by atoms with Crippen molar-refractivity contribution in [1.82, 2.24) is 9.97 Å². The highest BCUT2D eigenvalue weighted by Crippen LogP contribution is 2.40. The third kappa shape index (κ3) is 2.00. The van der Waals surface area contributed by atoms with Crippen LogP contribution < -0.4 is 5.32 Å². The first-order chi connectivity index (χ1) is 9.81. The van der Waals surface area contributed by atoms with Gasteiger partial charge < -0.3 is 4.98 Å². The first kappa shape index (κ1) is 11.7. The minimum absolute atomic E-state index is 0.116. The quantitative estimate of drug-likeness (QED) is 0.769. The molecule has 0 unspecified atom stereocenters. The van der Waals surface area contributed by atoms with E-state index in [9.17, 15) is 4.79 Å². The Balaban J connectivity index is 1.61. The van der Waals surface area contributed by atoms with Crippen LogP contribution in [0.4, 0.5) is 5.13 Å².